The van der Waals surface area contributed by atoms with E-state index in [1.54, 1.807) is 42.5 Å². The van der Waals surface area contributed by atoms with Crippen molar-refractivity contribution in [1.82, 2.24) is 16.0 Å². The quantitative estimate of drug-likeness (QED) is 0.267. The Kier molecular flexibility index (Phi) is 9.18. The summed E-state index contributed by atoms with van der Waals surface area (Å²) in [5, 5.41) is 25.6. The van der Waals surface area contributed by atoms with E-state index in [1.165, 1.54) is 12.1 Å². The second-order valence-electron chi connectivity index (χ2n) is 7.12. The number of aromatic hydroxyl groups is 1. The van der Waals surface area contributed by atoms with Gasteiger partial charge < -0.3 is 31.9 Å². The summed E-state index contributed by atoms with van der Waals surface area (Å²) >= 11 is 0. The Labute approximate surface area is 184 Å². The zero-order chi connectivity index (χ0) is 23.5. The third-order valence-corrected chi connectivity index (χ3v) is 4.51. The van der Waals surface area contributed by atoms with Gasteiger partial charge >= 0.3 is 5.97 Å². The molecule has 32 heavy (non-hydrogen) atoms. The molecule has 0 aromatic heterocycles. The van der Waals surface area contributed by atoms with Gasteiger partial charge in [-0.25, -0.2) is 4.79 Å². The minimum atomic E-state index is -1.19. The molecule has 10 nitrogen and oxygen atoms in total. The van der Waals surface area contributed by atoms with E-state index in [0.29, 0.717) is 0 Å². The minimum absolute atomic E-state index is 0.0993. The van der Waals surface area contributed by atoms with Gasteiger partial charge in [-0.3, -0.25) is 14.4 Å². The van der Waals surface area contributed by atoms with Crippen LogP contribution in [0.25, 0.3) is 0 Å². The van der Waals surface area contributed by atoms with E-state index in [0.717, 1.165) is 11.1 Å². The van der Waals surface area contributed by atoms with Crippen LogP contribution in [0.4, 0.5) is 0 Å². The molecule has 2 atom stereocenters. The van der Waals surface area contributed by atoms with Gasteiger partial charge in [-0.1, -0.05) is 42.5 Å². The predicted molar refractivity (Wildman–Crippen MR) is 116 cm³/mol. The number of hydrogen-bond acceptors (Lipinski definition) is 6. The summed E-state index contributed by atoms with van der Waals surface area (Å²) in [6, 6.07) is 13.0. The summed E-state index contributed by atoms with van der Waals surface area (Å²) in [6.45, 7) is -0.825. The Hall–Kier alpha value is -3.92. The first kappa shape index (κ1) is 24.4. The first-order valence-electron chi connectivity index (χ1n) is 9.88. The average Bonchev–Trinajstić information content (AvgIpc) is 2.77. The molecule has 3 amide bonds. The number of hydrogen-bond donors (Lipinski definition) is 6. The van der Waals surface area contributed by atoms with E-state index in [1.807, 2.05) is 0 Å². The molecule has 0 saturated carbocycles. The zero-order valence-corrected chi connectivity index (χ0v) is 17.3. The van der Waals surface area contributed by atoms with Crippen LogP contribution in [-0.2, 0) is 32.0 Å². The van der Waals surface area contributed by atoms with Crippen molar-refractivity contribution in [2.24, 2.45) is 5.73 Å². The van der Waals surface area contributed by atoms with Crippen LogP contribution in [0.5, 0.6) is 5.75 Å². The number of amides is 3. The molecule has 0 unspecified atom stereocenters. The van der Waals surface area contributed by atoms with E-state index in [9.17, 15) is 29.4 Å². The molecule has 170 valence electrons. The molecule has 0 aliphatic rings. The highest BCUT2D eigenvalue weighted by Crippen LogP contribution is 2.10. The standard InChI is InChI=1S/C22H26N4O6/c23-17(10-15-6-8-16(27)9-7-15)21(30)25-12-19(28)24-13-20(29)26-18(22(31)32)11-14-4-2-1-3-5-14/h1-9,17-18,27H,10-13,23H2,(H,24,28)(H,25,30)(H,26,29)(H,31,32)/t17-,18-/m1/s1. The van der Waals surface area contributed by atoms with Gasteiger partial charge in [0.2, 0.25) is 17.7 Å². The number of phenolic OH excluding ortho intramolecular Hbond substituents is 1. The Morgan fingerprint density at radius 3 is 2.03 bits per heavy atom. The van der Waals surface area contributed by atoms with Crippen LogP contribution >= 0.6 is 0 Å². The van der Waals surface area contributed by atoms with Crippen LogP contribution in [0.15, 0.2) is 54.6 Å². The second kappa shape index (κ2) is 12.1. The fourth-order valence-electron chi connectivity index (χ4n) is 2.81. The number of aliphatic carboxylic acids is 1. The largest absolute Gasteiger partial charge is 0.508 e. The lowest BCUT2D eigenvalue weighted by Gasteiger charge is -2.15. The molecule has 0 heterocycles. The maximum atomic E-state index is 12.0. The fraction of sp³-hybridized carbons (Fsp3) is 0.273. The van der Waals surface area contributed by atoms with Gasteiger partial charge in [0.05, 0.1) is 19.1 Å². The van der Waals surface area contributed by atoms with Crippen molar-refractivity contribution in [3.8, 4) is 5.75 Å². The predicted octanol–water partition coefficient (Wildman–Crippen LogP) is -0.693. The molecule has 0 radical (unpaired) electrons. The fourth-order valence-corrected chi connectivity index (χ4v) is 2.81. The van der Waals surface area contributed by atoms with Gasteiger partial charge in [0, 0.05) is 6.42 Å². The highest BCUT2D eigenvalue weighted by Gasteiger charge is 2.21. The van der Waals surface area contributed by atoms with Crippen LogP contribution < -0.4 is 21.7 Å². The lowest BCUT2D eigenvalue weighted by molar-refractivity contribution is -0.141. The molecule has 7 N–H and O–H groups in total. The molecule has 2 rings (SSSR count). The summed E-state index contributed by atoms with van der Waals surface area (Å²) in [7, 11) is 0. The molecule has 0 aliphatic heterocycles. The molecule has 0 saturated heterocycles. The Balaban J connectivity index is 1.71. The lowest BCUT2D eigenvalue weighted by atomic mass is 10.1. The number of rotatable bonds is 11. The summed E-state index contributed by atoms with van der Waals surface area (Å²) in [5.74, 6) is -2.94. The zero-order valence-electron chi connectivity index (χ0n) is 17.3. The monoisotopic (exact) mass is 442 g/mol. The van der Waals surface area contributed by atoms with E-state index >= 15 is 0 Å². The van der Waals surface area contributed by atoms with E-state index in [4.69, 9.17) is 5.73 Å². The SMILES string of the molecule is N[C@H](Cc1ccc(O)cc1)C(=O)NCC(=O)NCC(=O)N[C@H](Cc1ccccc1)C(=O)O. The van der Waals surface area contributed by atoms with Gasteiger partial charge in [-0.05, 0) is 29.7 Å². The highest BCUT2D eigenvalue weighted by molar-refractivity contribution is 5.90. The molecule has 10 heteroatoms. The van der Waals surface area contributed by atoms with E-state index in [2.05, 4.69) is 16.0 Å². The number of nitrogens with one attached hydrogen (secondary N) is 3. The van der Waals surface area contributed by atoms with Crippen molar-refractivity contribution >= 4 is 23.7 Å². The number of carboxylic acid groups (broad SMARTS) is 1. The third-order valence-electron chi connectivity index (χ3n) is 4.51. The molecule has 0 bridgehead atoms. The molecule has 0 fully saturated rings. The lowest BCUT2D eigenvalue weighted by Crippen LogP contribution is -2.49. The van der Waals surface area contributed by atoms with Gasteiger partial charge in [-0.2, -0.15) is 0 Å². The summed E-state index contributed by atoms with van der Waals surface area (Å²) < 4.78 is 0. The topological polar surface area (TPSA) is 171 Å². The van der Waals surface area contributed by atoms with Crippen LogP contribution in [0, 0.1) is 0 Å². The van der Waals surface area contributed by atoms with Gasteiger partial charge in [-0.15, -0.1) is 0 Å². The Morgan fingerprint density at radius 2 is 1.41 bits per heavy atom. The number of carboxylic acids is 1. The third kappa shape index (κ3) is 8.44. The number of carbonyl (C=O) groups is 4. The summed E-state index contributed by atoms with van der Waals surface area (Å²) in [6.07, 6.45) is 0.318. The normalized spacial score (nSPS) is 12.3. The van der Waals surface area contributed by atoms with Gasteiger partial charge in [0.15, 0.2) is 0 Å². The van der Waals surface area contributed by atoms with Crippen molar-refractivity contribution in [2.45, 2.75) is 24.9 Å². The van der Waals surface area contributed by atoms with E-state index < -0.39 is 42.3 Å². The number of phenols is 1. The van der Waals surface area contributed by atoms with Crippen LogP contribution in [0.3, 0.4) is 0 Å². The minimum Gasteiger partial charge on any atom is -0.508 e. The van der Waals surface area contributed by atoms with Crippen molar-refractivity contribution in [3.63, 3.8) is 0 Å². The second-order valence-corrected chi connectivity index (χ2v) is 7.12. The van der Waals surface area contributed by atoms with Crippen LogP contribution in [-0.4, -0.2) is 59.1 Å². The Bertz CT molecular complexity index is 933. The Morgan fingerprint density at radius 1 is 0.812 bits per heavy atom. The summed E-state index contributed by atoms with van der Waals surface area (Å²) in [4.78, 5) is 47.3. The van der Waals surface area contributed by atoms with Crippen molar-refractivity contribution in [2.75, 3.05) is 13.1 Å². The van der Waals surface area contributed by atoms with Crippen molar-refractivity contribution < 1.29 is 29.4 Å². The van der Waals surface area contributed by atoms with Gasteiger partial charge in [0.1, 0.15) is 11.8 Å². The molecule has 0 aliphatic carbocycles. The molecule has 0 spiro atoms. The maximum Gasteiger partial charge on any atom is 0.326 e. The molecule has 2 aromatic rings. The maximum absolute atomic E-state index is 12.0. The number of nitrogens with two attached hydrogens (primary N) is 1. The van der Waals surface area contributed by atoms with Gasteiger partial charge in [0.25, 0.3) is 0 Å². The van der Waals surface area contributed by atoms with Crippen LogP contribution in [0.1, 0.15) is 11.1 Å². The smallest absolute Gasteiger partial charge is 0.326 e. The highest BCUT2D eigenvalue weighted by atomic mass is 16.4. The van der Waals surface area contributed by atoms with E-state index in [-0.39, 0.29) is 25.1 Å². The number of benzene rings is 2. The van der Waals surface area contributed by atoms with Crippen molar-refractivity contribution in [1.29, 1.82) is 0 Å². The average molecular weight is 442 g/mol. The molecular formula is C22H26N4O6. The molecule has 2 aromatic carbocycles. The van der Waals surface area contributed by atoms with Crippen molar-refractivity contribution in [3.05, 3.63) is 65.7 Å². The molecular weight excluding hydrogens is 416 g/mol. The van der Waals surface area contributed by atoms with Crippen LogP contribution in [0.2, 0.25) is 0 Å². The first-order valence-corrected chi connectivity index (χ1v) is 9.88. The first-order chi connectivity index (χ1) is 15.2. The number of carbonyl (C=O) groups excluding carboxylic acids is 3. The summed E-state index contributed by atoms with van der Waals surface area (Å²) in [5.41, 5.74) is 7.31.